The van der Waals surface area contributed by atoms with Gasteiger partial charge < -0.3 is 5.32 Å². The van der Waals surface area contributed by atoms with Gasteiger partial charge >= 0.3 is 0 Å². The van der Waals surface area contributed by atoms with Gasteiger partial charge in [-0.2, -0.15) is 0 Å². The summed E-state index contributed by atoms with van der Waals surface area (Å²) in [6.45, 7) is 3.54. The molecule has 6 nitrogen and oxygen atoms in total. The summed E-state index contributed by atoms with van der Waals surface area (Å²) < 4.78 is 1.35. The molecule has 1 aliphatic carbocycles. The SMILES string of the molecule is CC(=O)[C@@H](Cc1ccccc1)NC(=O)Cn1cnc2sc3c(c2c1=O)CC[C@H](C)C3. The highest BCUT2D eigenvalue weighted by Gasteiger charge is 2.24. The van der Waals surface area contributed by atoms with E-state index < -0.39 is 6.04 Å². The number of fused-ring (bicyclic) bond motifs is 3. The predicted octanol–water partition coefficient (Wildman–Crippen LogP) is 2.90. The highest BCUT2D eigenvalue weighted by Crippen LogP contribution is 2.35. The highest BCUT2D eigenvalue weighted by molar-refractivity contribution is 7.18. The number of Topliss-reactive ketones (excluding diaryl/α,β-unsaturated/α-hetero) is 1. The van der Waals surface area contributed by atoms with Gasteiger partial charge in [0.1, 0.15) is 11.4 Å². The second-order valence-electron chi connectivity index (χ2n) is 8.13. The molecule has 0 fully saturated rings. The Balaban J connectivity index is 1.53. The van der Waals surface area contributed by atoms with E-state index in [1.54, 1.807) is 11.3 Å². The standard InChI is InChI=1S/C23H25N3O3S/c1-14-8-9-17-19(10-14)30-22-21(17)23(29)26(13-24-22)12-20(28)25-18(15(2)27)11-16-6-4-3-5-7-16/h3-7,13-14,18H,8-12H2,1-2H3,(H,25,28)/t14-,18+/m0/s1. The van der Waals surface area contributed by atoms with Crippen molar-refractivity contribution in [1.29, 1.82) is 0 Å². The molecule has 156 valence electrons. The van der Waals surface area contributed by atoms with E-state index in [1.807, 2.05) is 30.3 Å². The van der Waals surface area contributed by atoms with Gasteiger partial charge in [0, 0.05) is 4.88 Å². The molecule has 0 aliphatic heterocycles. The molecule has 0 saturated heterocycles. The van der Waals surface area contributed by atoms with E-state index in [2.05, 4.69) is 17.2 Å². The van der Waals surface area contributed by atoms with Crippen LogP contribution in [-0.4, -0.2) is 27.3 Å². The molecule has 0 unspecified atom stereocenters. The molecule has 3 aromatic rings. The van der Waals surface area contributed by atoms with Crippen molar-refractivity contribution in [3.8, 4) is 0 Å². The molecule has 0 bridgehead atoms. The topological polar surface area (TPSA) is 81.1 Å². The van der Waals surface area contributed by atoms with Crippen molar-refractivity contribution in [2.75, 3.05) is 0 Å². The number of carbonyl (C=O) groups excluding carboxylic acids is 2. The third-order valence-electron chi connectivity index (χ3n) is 5.70. The number of aryl methyl sites for hydroxylation is 1. The van der Waals surface area contributed by atoms with Crippen molar-refractivity contribution in [2.24, 2.45) is 5.92 Å². The Hall–Kier alpha value is -2.80. The first-order valence-corrected chi connectivity index (χ1v) is 11.1. The van der Waals surface area contributed by atoms with Crippen molar-refractivity contribution in [1.82, 2.24) is 14.9 Å². The third kappa shape index (κ3) is 4.21. The van der Waals surface area contributed by atoms with Crippen LogP contribution in [0.5, 0.6) is 0 Å². The minimum absolute atomic E-state index is 0.117. The Morgan fingerprint density at radius 2 is 2.07 bits per heavy atom. The van der Waals surface area contributed by atoms with Gasteiger partial charge in [0.05, 0.1) is 17.8 Å². The highest BCUT2D eigenvalue weighted by atomic mass is 32.1. The Morgan fingerprint density at radius 3 is 2.80 bits per heavy atom. The zero-order chi connectivity index (χ0) is 21.3. The normalized spacial score (nSPS) is 16.8. The molecule has 1 amide bonds. The molecule has 1 aliphatic rings. The van der Waals surface area contributed by atoms with Gasteiger partial charge in [0.2, 0.25) is 5.91 Å². The van der Waals surface area contributed by atoms with Crippen LogP contribution in [0.2, 0.25) is 0 Å². The van der Waals surface area contributed by atoms with Crippen LogP contribution in [0.15, 0.2) is 41.5 Å². The van der Waals surface area contributed by atoms with Crippen LogP contribution in [0, 0.1) is 5.92 Å². The number of hydrogen-bond acceptors (Lipinski definition) is 5. The van der Waals surface area contributed by atoms with Crippen LogP contribution in [0.1, 0.15) is 36.3 Å². The first kappa shape index (κ1) is 20.5. The Kier molecular flexibility index (Phi) is 5.81. The van der Waals surface area contributed by atoms with Gasteiger partial charge in [0.15, 0.2) is 5.78 Å². The Bertz CT molecular complexity index is 1150. The maximum Gasteiger partial charge on any atom is 0.262 e. The van der Waals surface area contributed by atoms with E-state index in [0.29, 0.717) is 17.7 Å². The number of nitrogens with one attached hydrogen (secondary N) is 1. The number of thiophene rings is 1. The van der Waals surface area contributed by atoms with Crippen molar-refractivity contribution in [3.05, 3.63) is 63.0 Å². The van der Waals surface area contributed by atoms with Crippen LogP contribution >= 0.6 is 11.3 Å². The molecule has 0 spiro atoms. The minimum atomic E-state index is -0.623. The summed E-state index contributed by atoms with van der Waals surface area (Å²) in [5.74, 6) is 0.132. The number of aromatic nitrogens is 2. The largest absolute Gasteiger partial charge is 0.344 e. The molecule has 30 heavy (non-hydrogen) atoms. The molecular formula is C23H25N3O3S. The van der Waals surface area contributed by atoms with Crippen molar-refractivity contribution < 1.29 is 9.59 Å². The monoisotopic (exact) mass is 423 g/mol. The maximum atomic E-state index is 13.1. The zero-order valence-corrected chi connectivity index (χ0v) is 18.0. The van der Waals surface area contributed by atoms with Gasteiger partial charge in [-0.1, -0.05) is 37.3 Å². The summed E-state index contributed by atoms with van der Waals surface area (Å²) in [4.78, 5) is 44.2. The summed E-state index contributed by atoms with van der Waals surface area (Å²) in [5, 5.41) is 3.43. The zero-order valence-electron chi connectivity index (χ0n) is 17.2. The summed E-state index contributed by atoms with van der Waals surface area (Å²) in [5.41, 5.74) is 1.90. The summed E-state index contributed by atoms with van der Waals surface area (Å²) in [6.07, 6.45) is 4.79. The van der Waals surface area contributed by atoms with E-state index >= 15 is 0 Å². The van der Waals surface area contributed by atoms with E-state index in [1.165, 1.54) is 22.7 Å². The average Bonchev–Trinajstić information content (AvgIpc) is 3.08. The van der Waals surface area contributed by atoms with Crippen LogP contribution in [0.4, 0.5) is 0 Å². The van der Waals surface area contributed by atoms with Crippen LogP contribution in [0.25, 0.3) is 10.2 Å². The van der Waals surface area contributed by atoms with Gasteiger partial charge in [-0.05, 0) is 49.7 Å². The lowest BCUT2D eigenvalue weighted by Gasteiger charge is -2.18. The van der Waals surface area contributed by atoms with E-state index in [0.717, 1.165) is 35.2 Å². The fraction of sp³-hybridized carbons (Fsp3) is 0.391. The van der Waals surface area contributed by atoms with Gasteiger partial charge in [-0.15, -0.1) is 11.3 Å². The van der Waals surface area contributed by atoms with Gasteiger partial charge in [-0.25, -0.2) is 4.98 Å². The van der Waals surface area contributed by atoms with Crippen molar-refractivity contribution in [3.63, 3.8) is 0 Å². The second kappa shape index (κ2) is 8.52. The van der Waals surface area contributed by atoms with Crippen LogP contribution in [0.3, 0.4) is 0 Å². The van der Waals surface area contributed by atoms with Crippen molar-refractivity contribution >= 4 is 33.2 Å². The number of ketones is 1. The van der Waals surface area contributed by atoms with E-state index in [9.17, 15) is 14.4 Å². The molecule has 2 atom stereocenters. The number of carbonyl (C=O) groups is 2. The third-order valence-corrected chi connectivity index (χ3v) is 6.87. The van der Waals surface area contributed by atoms with Gasteiger partial charge in [-0.3, -0.25) is 19.0 Å². The van der Waals surface area contributed by atoms with Crippen molar-refractivity contribution in [2.45, 2.75) is 52.1 Å². The van der Waals surface area contributed by atoms with E-state index in [-0.39, 0.29) is 23.8 Å². The molecule has 4 rings (SSSR count). The predicted molar refractivity (Wildman–Crippen MR) is 118 cm³/mol. The molecule has 2 heterocycles. The maximum absolute atomic E-state index is 13.1. The number of nitrogens with zero attached hydrogens (tertiary/aromatic N) is 2. The average molecular weight is 424 g/mol. The lowest BCUT2D eigenvalue weighted by Crippen LogP contribution is -2.43. The fourth-order valence-corrected chi connectivity index (χ4v) is 5.36. The van der Waals surface area contributed by atoms with Gasteiger partial charge in [0.25, 0.3) is 5.56 Å². The number of amides is 1. The number of benzene rings is 1. The molecule has 0 saturated carbocycles. The number of hydrogen-bond donors (Lipinski definition) is 1. The Labute approximate surface area is 179 Å². The molecule has 1 aromatic carbocycles. The molecule has 7 heteroatoms. The molecule has 0 radical (unpaired) electrons. The first-order chi connectivity index (χ1) is 14.4. The molecule has 2 aromatic heterocycles. The molecular weight excluding hydrogens is 398 g/mol. The number of rotatable bonds is 6. The lowest BCUT2D eigenvalue weighted by atomic mass is 9.89. The van der Waals surface area contributed by atoms with Crippen LogP contribution in [-0.2, 0) is 35.4 Å². The fourth-order valence-electron chi connectivity index (χ4n) is 4.02. The second-order valence-corrected chi connectivity index (χ2v) is 9.21. The summed E-state index contributed by atoms with van der Waals surface area (Å²) in [6, 6.07) is 8.93. The molecule has 1 N–H and O–H groups in total. The summed E-state index contributed by atoms with van der Waals surface area (Å²) >= 11 is 1.59. The van der Waals surface area contributed by atoms with E-state index in [4.69, 9.17) is 0 Å². The quantitative estimate of drug-likeness (QED) is 0.661. The van der Waals surface area contributed by atoms with Crippen LogP contribution < -0.4 is 10.9 Å². The minimum Gasteiger partial charge on any atom is -0.344 e. The Morgan fingerprint density at radius 1 is 1.30 bits per heavy atom. The smallest absolute Gasteiger partial charge is 0.262 e. The lowest BCUT2D eigenvalue weighted by molar-refractivity contribution is -0.127. The summed E-state index contributed by atoms with van der Waals surface area (Å²) in [7, 11) is 0. The first-order valence-electron chi connectivity index (χ1n) is 10.3.